The molecule has 0 aromatic rings. The zero-order valence-electron chi connectivity index (χ0n) is 11.4. The van der Waals surface area contributed by atoms with Gasteiger partial charge in [-0.1, -0.05) is 38.5 Å². The van der Waals surface area contributed by atoms with Crippen molar-refractivity contribution in [1.29, 1.82) is 0 Å². The maximum absolute atomic E-state index is 3.64. The Morgan fingerprint density at radius 1 is 0.824 bits per heavy atom. The van der Waals surface area contributed by atoms with Crippen molar-refractivity contribution in [3.63, 3.8) is 0 Å². The van der Waals surface area contributed by atoms with Crippen LogP contribution in [0.5, 0.6) is 0 Å². The van der Waals surface area contributed by atoms with Crippen molar-refractivity contribution in [3.05, 3.63) is 0 Å². The van der Waals surface area contributed by atoms with Crippen LogP contribution in [0.2, 0.25) is 0 Å². The number of nitrogens with zero attached hydrogens (tertiary/aromatic N) is 1. The zero-order chi connectivity index (χ0) is 11.8. The summed E-state index contributed by atoms with van der Waals surface area (Å²) in [7, 11) is 0. The molecular weight excluding hydrogens is 208 g/mol. The summed E-state index contributed by atoms with van der Waals surface area (Å²) in [6.45, 7) is 6.39. The highest BCUT2D eigenvalue weighted by molar-refractivity contribution is 4.68. The Labute approximate surface area is 107 Å². The summed E-state index contributed by atoms with van der Waals surface area (Å²) in [4.78, 5) is 2.62. The number of hydrogen-bond donors (Lipinski definition) is 1. The molecule has 1 N–H and O–H groups in total. The summed E-state index contributed by atoms with van der Waals surface area (Å²) in [6, 6.07) is 0. The SMILES string of the molecule is C1CCC(CCNCCN2CCCCC2)CC1. The van der Waals surface area contributed by atoms with Crippen LogP contribution >= 0.6 is 0 Å². The maximum Gasteiger partial charge on any atom is 0.0107 e. The van der Waals surface area contributed by atoms with E-state index in [1.807, 2.05) is 0 Å². The van der Waals surface area contributed by atoms with Crippen LogP contribution in [-0.2, 0) is 0 Å². The second-order valence-corrected chi connectivity index (χ2v) is 5.95. The van der Waals surface area contributed by atoms with Gasteiger partial charge in [-0.3, -0.25) is 0 Å². The predicted octanol–water partition coefficient (Wildman–Crippen LogP) is 3.03. The molecule has 0 bridgehead atoms. The minimum atomic E-state index is 1.03. The Kier molecular flexibility index (Phi) is 6.36. The van der Waals surface area contributed by atoms with Gasteiger partial charge in [-0.15, -0.1) is 0 Å². The molecule has 1 aliphatic carbocycles. The normalized spacial score (nSPS) is 24.0. The highest BCUT2D eigenvalue weighted by Gasteiger charge is 2.12. The Hall–Kier alpha value is -0.0800. The molecule has 2 nitrogen and oxygen atoms in total. The van der Waals surface area contributed by atoms with Crippen LogP contribution in [0.25, 0.3) is 0 Å². The standard InChI is InChI=1S/C15H30N2/c1-3-7-15(8-4-1)9-10-16-11-14-17-12-5-2-6-13-17/h15-16H,1-14H2. The zero-order valence-corrected chi connectivity index (χ0v) is 11.4. The Balaban J connectivity index is 1.42. The first kappa shape index (κ1) is 13.4. The van der Waals surface area contributed by atoms with Crippen LogP contribution in [-0.4, -0.2) is 37.6 Å². The second kappa shape index (κ2) is 8.10. The molecule has 2 fully saturated rings. The molecule has 0 amide bonds. The minimum Gasteiger partial charge on any atom is -0.315 e. The topological polar surface area (TPSA) is 15.3 Å². The lowest BCUT2D eigenvalue weighted by atomic mass is 9.87. The van der Waals surface area contributed by atoms with Crippen LogP contribution in [0.1, 0.15) is 57.8 Å². The van der Waals surface area contributed by atoms with Crippen LogP contribution in [0, 0.1) is 5.92 Å². The monoisotopic (exact) mass is 238 g/mol. The Morgan fingerprint density at radius 2 is 1.53 bits per heavy atom. The van der Waals surface area contributed by atoms with E-state index in [0.717, 1.165) is 5.92 Å². The lowest BCUT2D eigenvalue weighted by Gasteiger charge is -2.26. The third-order valence-corrected chi connectivity index (χ3v) is 4.51. The first-order valence-corrected chi connectivity index (χ1v) is 7.88. The van der Waals surface area contributed by atoms with Gasteiger partial charge >= 0.3 is 0 Å². The fraction of sp³-hybridized carbons (Fsp3) is 1.00. The molecule has 0 spiro atoms. The second-order valence-electron chi connectivity index (χ2n) is 5.95. The largest absolute Gasteiger partial charge is 0.315 e. The van der Waals surface area contributed by atoms with E-state index in [1.54, 1.807) is 0 Å². The summed E-state index contributed by atoms with van der Waals surface area (Å²) in [5, 5.41) is 3.64. The van der Waals surface area contributed by atoms with Gasteiger partial charge in [-0.05, 0) is 44.8 Å². The summed E-state index contributed by atoms with van der Waals surface area (Å²) >= 11 is 0. The number of hydrogen-bond acceptors (Lipinski definition) is 2. The van der Waals surface area contributed by atoms with Crippen LogP contribution in [0.3, 0.4) is 0 Å². The molecule has 100 valence electrons. The van der Waals surface area contributed by atoms with E-state index in [4.69, 9.17) is 0 Å². The average Bonchev–Trinajstić information content (AvgIpc) is 2.41. The molecule has 1 saturated heterocycles. The third-order valence-electron chi connectivity index (χ3n) is 4.51. The molecule has 2 heteroatoms. The molecule has 0 radical (unpaired) electrons. The van der Waals surface area contributed by atoms with Crippen molar-refractivity contribution >= 4 is 0 Å². The Morgan fingerprint density at radius 3 is 2.29 bits per heavy atom. The lowest BCUT2D eigenvalue weighted by molar-refractivity contribution is 0.228. The lowest BCUT2D eigenvalue weighted by Crippen LogP contribution is -2.36. The van der Waals surface area contributed by atoms with E-state index in [9.17, 15) is 0 Å². The molecule has 2 aliphatic rings. The van der Waals surface area contributed by atoms with E-state index >= 15 is 0 Å². The van der Waals surface area contributed by atoms with Crippen molar-refractivity contribution in [2.75, 3.05) is 32.7 Å². The average molecular weight is 238 g/mol. The number of piperidine rings is 1. The van der Waals surface area contributed by atoms with Crippen molar-refractivity contribution in [2.45, 2.75) is 57.8 Å². The highest BCUT2D eigenvalue weighted by atomic mass is 15.1. The van der Waals surface area contributed by atoms with Gasteiger partial charge in [0.2, 0.25) is 0 Å². The molecule has 1 saturated carbocycles. The first-order valence-electron chi connectivity index (χ1n) is 7.88. The molecular formula is C15H30N2. The van der Waals surface area contributed by atoms with Gasteiger partial charge in [0.1, 0.15) is 0 Å². The van der Waals surface area contributed by atoms with Gasteiger partial charge in [0.15, 0.2) is 0 Å². The minimum absolute atomic E-state index is 1.03. The van der Waals surface area contributed by atoms with Crippen molar-refractivity contribution in [1.82, 2.24) is 10.2 Å². The third kappa shape index (κ3) is 5.39. The van der Waals surface area contributed by atoms with E-state index in [2.05, 4.69) is 10.2 Å². The molecule has 0 atom stereocenters. The number of likely N-dealkylation sites (tertiary alicyclic amines) is 1. The fourth-order valence-corrected chi connectivity index (χ4v) is 3.33. The molecule has 17 heavy (non-hydrogen) atoms. The fourth-order valence-electron chi connectivity index (χ4n) is 3.33. The quantitative estimate of drug-likeness (QED) is 0.716. The van der Waals surface area contributed by atoms with Crippen molar-refractivity contribution in [3.8, 4) is 0 Å². The molecule has 0 aromatic heterocycles. The van der Waals surface area contributed by atoms with Crippen LogP contribution in [0.4, 0.5) is 0 Å². The van der Waals surface area contributed by atoms with E-state index in [0.29, 0.717) is 0 Å². The van der Waals surface area contributed by atoms with Gasteiger partial charge in [0.05, 0.1) is 0 Å². The van der Waals surface area contributed by atoms with Gasteiger partial charge in [0, 0.05) is 13.1 Å². The molecule has 1 heterocycles. The maximum atomic E-state index is 3.64. The molecule has 2 rings (SSSR count). The Bertz CT molecular complexity index is 161. The van der Waals surface area contributed by atoms with E-state index in [-0.39, 0.29) is 0 Å². The van der Waals surface area contributed by atoms with Crippen molar-refractivity contribution in [2.24, 2.45) is 5.92 Å². The van der Waals surface area contributed by atoms with E-state index in [1.165, 1.54) is 90.5 Å². The molecule has 1 aliphatic heterocycles. The van der Waals surface area contributed by atoms with Crippen LogP contribution < -0.4 is 5.32 Å². The first-order chi connectivity index (χ1) is 8.45. The molecule has 0 unspecified atom stereocenters. The smallest absolute Gasteiger partial charge is 0.0107 e. The van der Waals surface area contributed by atoms with Gasteiger partial charge in [-0.25, -0.2) is 0 Å². The predicted molar refractivity (Wildman–Crippen MR) is 74.4 cm³/mol. The summed E-state index contributed by atoms with van der Waals surface area (Å²) < 4.78 is 0. The summed E-state index contributed by atoms with van der Waals surface area (Å²) in [5.74, 6) is 1.03. The van der Waals surface area contributed by atoms with Crippen LogP contribution in [0.15, 0.2) is 0 Å². The van der Waals surface area contributed by atoms with E-state index < -0.39 is 0 Å². The van der Waals surface area contributed by atoms with Gasteiger partial charge in [0.25, 0.3) is 0 Å². The summed E-state index contributed by atoms with van der Waals surface area (Å²) in [5.41, 5.74) is 0. The number of nitrogens with one attached hydrogen (secondary N) is 1. The van der Waals surface area contributed by atoms with Gasteiger partial charge in [-0.2, -0.15) is 0 Å². The summed E-state index contributed by atoms with van der Waals surface area (Å²) in [6.07, 6.45) is 13.1. The number of rotatable bonds is 6. The van der Waals surface area contributed by atoms with Crippen molar-refractivity contribution < 1.29 is 0 Å². The molecule has 0 aromatic carbocycles. The van der Waals surface area contributed by atoms with Gasteiger partial charge < -0.3 is 10.2 Å². The highest BCUT2D eigenvalue weighted by Crippen LogP contribution is 2.25.